The number of hydrogen-bond acceptors (Lipinski definition) is 6. The number of non-ortho nitro benzene ring substituents is 1. The van der Waals surface area contributed by atoms with Crippen LogP contribution in [0.15, 0.2) is 40.8 Å². The average molecular weight is 351 g/mol. The van der Waals surface area contributed by atoms with Gasteiger partial charge in [-0.1, -0.05) is 0 Å². The average Bonchev–Trinajstić information content (AvgIpc) is 2.98. The first-order chi connectivity index (χ1) is 12.4. The maximum absolute atomic E-state index is 10.9. The molecule has 7 heteroatoms. The first kappa shape index (κ1) is 17.3. The van der Waals surface area contributed by atoms with E-state index < -0.39 is 4.92 Å². The fraction of sp³-hybridized carbons (Fsp3) is 0.211. The fourth-order valence-electron chi connectivity index (χ4n) is 2.92. The number of nitro benzene ring substituents is 1. The third-order valence-electron chi connectivity index (χ3n) is 4.28. The number of furan rings is 1. The van der Waals surface area contributed by atoms with E-state index in [9.17, 15) is 15.4 Å². The number of rotatable bonds is 5. The Kier molecular flexibility index (Phi) is 4.50. The molecular weight excluding hydrogens is 334 g/mol. The summed E-state index contributed by atoms with van der Waals surface area (Å²) in [6.45, 7) is 3.87. The molecule has 132 valence electrons. The van der Waals surface area contributed by atoms with Gasteiger partial charge in [0.25, 0.3) is 5.69 Å². The van der Waals surface area contributed by atoms with Crippen LogP contribution in [0.5, 0.6) is 5.75 Å². The predicted octanol–water partition coefficient (Wildman–Crippen LogP) is 4.70. The standard InChI is InChI=1S/C19H17N3O4/c1-11-16-9-15(25-3)5-7-18(16)26-19(11)12(2)21-17-6-4-14(22(23)24)8-13(17)10-20/h4-9,12,21H,1-3H3. The molecule has 7 nitrogen and oxygen atoms in total. The molecule has 1 aromatic heterocycles. The maximum Gasteiger partial charge on any atom is 0.270 e. The topological polar surface area (TPSA) is 101 Å². The molecule has 0 spiro atoms. The first-order valence-corrected chi connectivity index (χ1v) is 7.96. The van der Waals surface area contributed by atoms with Crippen molar-refractivity contribution in [3.63, 3.8) is 0 Å². The van der Waals surface area contributed by atoms with Crippen molar-refractivity contribution in [2.45, 2.75) is 19.9 Å². The largest absolute Gasteiger partial charge is 0.497 e. The Morgan fingerprint density at radius 2 is 2.08 bits per heavy atom. The predicted molar refractivity (Wildman–Crippen MR) is 97.4 cm³/mol. The van der Waals surface area contributed by atoms with E-state index in [2.05, 4.69) is 5.32 Å². The molecule has 1 unspecified atom stereocenters. The van der Waals surface area contributed by atoms with E-state index in [1.54, 1.807) is 7.11 Å². The third kappa shape index (κ3) is 3.05. The van der Waals surface area contributed by atoms with Gasteiger partial charge in [-0.2, -0.15) is 5.26 Å². The minimum absolute atomic E-state index is 0.119. The summed E-state index contributed by atoms with van der Waals surface area (Å²) in [5.74, 6) is 1.48. The lowest BCUT2D eigenvalue weighted by molar-refractivity contribution is -0.384. The van der Waals surface area contributed by atoms with Crippen molar-refractivity contribution in [3.05, 3.63) is 63.4 Å². The van der Waals surface area contributed by atoms with Crippen molar-refractivity contribution < 1.29 is 14.1 Å². The van der Waals surface area contributed by atoms with Crippen LogP contribution in [0.4, 0.5) is 11.4 Å². The summed E-state index contributed by atoms with van der Waals surface area (Å²) in [6.07, 6.45) is 0. The summed E-state index contributed by atoms with van der Waals surface area (Å²) in [6, 6.07) is 11.5. The van der Waals surface area contributed by atoms with Gasteiger partial charge in [-0.05, 0) is 38.1 Å². The van der Waals surface area contributed by atoms with Gasteiger partial charge in [0, 0.05) is 23.1 Å². The Balaban J connectivity index is 1.94. The quantitative estimate of drug-likeness (QED) is 0.528. The Labute approximate surface area is 149 Å². The van der Waals surface area contributed by atoms with E-state index in [-0.39, 0.29) is 17.3 Å². The molecule has 0 bridgehead atoms. The summed E-state index contributed by atoms with van der Waals surface area (Å²) < 4.78 is 11.2. The molecule has 3 rings (SSSR count). The van der Waals surface area contributed by atoms with Gasteiger partial charge in [0.15, 0.2) is 0 Å². The molecule has 0 aliphatic rings. The van der Waals surface area contributed by atoms with Crippen molar-refractivity contribution in [3.8, 4) is 11.8 Å². The number of nitrogens with one attached hydrogen (secondary N) is 1. The summed E-state index contributed by atoms with van der Waals surface area (Å²) >= 11 is 0. The first-order valence-electron chi connectivity index (χ1n) is 7.96. The van der Waals surface area contributed by atoms with Crippen molar-refractivity contribution in [2.75, 3.05) is 12.4 Å². The van der Waals surface area contributed by atoms with Gasteiger partial charge in [0.05, 0.1) is 29.3 Å². The minimum atomic E-state index is -0.523. The smallest absolute Gasteiger partial charge is 0.270 e. The van der Waals surface area contributed by atoms with Gasteiger partial charge in [-0.15, -0.1) is 0 Å². The van der Waals surface area contributed by atoms with E-state index >= 15 is 0 Å². The second-order valence-electron chi connectivity index (χ2n) is 5.92. The van der Waals surface area contributed by atoms with E-state index in [1.165, 1.54) is 18.2 Å². The van der Waals surface area contributed by atoms with E-state index in [0.717, 1.165) is 28.0 Å². The zero-order chi connectivity index (χ0) is 18.8. The number of nitro groups is 1. The summed E-state index contributed by atoms with van der Waals surface area (Å²) in [4.78, 5) is 10.3. The van der Waals surface area contributed by atoms with Gasteiger partial charge in [0.1, 0.15) is 23.2 Å². The number of nitrogens with zero attached hydrogens (tertiary/aromatic N) is 2. The number of anilines is 1. The monoisotopic (exact) mass is 351 g/mol. The van der Waals surface area contributed by atoms with Crippen LogP contribution in [0, 0.1) is 28.4 Å². The van der Waals surface area contributed by atoms with Crippen molar-refractivity contribution in [1.29, 1.82) is 5.26 Å². The molecule has 0 amide bonds. The molecule has 0 aliphatic carbocycles. The molecule has 0 saturated heterocycles. The van der Waals surface area contributed by atoms with E-state index in [1.807, 2.05) is 38.1 Å². The highest BCUT2D eigenvalue weighted by atomic mass is 16.6. The molecule has 2 aromatic carbocycles. The van der Waals surface area contributed by atoms with Crippen LogP contribution in [-0.4, -0.2) is 12.0 Å². The lowest BCUT2D eigenvalue weighted by Crippen LogP contribution is -2.08. The van der Waals surface area contributed by atoms with E-state index in [0.29, 0.717) is 5.69 Å². The summed E-state index contributed by atoms with van der Waals surface area (Å²) in [7, 11) is 1.61. The van der Waals surface area contributed by atoms with Crippen LogP contribution >= 0.6 is 0 Å². The number of aryl methyl sites for hydroxylation is 1. The molecule has 3 aromatic rings. The van der Waals surface area contributed by atoms with Crippen molar-refractivity contribution in [1.82, 2.24) is 0 Å². The number of methoxy groups -OCH3 is 1. The summed E-state index contributed by atoms with van der Waals surface area (Å²) in [5, 5.41) is 24.3. The third-order valence-corrected chi connectivity index (χ3v) is 4.28. The second-order valence-corrected chi connectivity index (χ2v) is 5.92. The maximum atomic E-state index is 10.9. The van der Waals surface area contributed by atoms with Gasteiger partial charge in [-0.25, -0.2) is 0 Å². The zero-order valence-electron chi connectivity index (χ0n) is 14.6. The Morgan fingerprint density at radius 1 is 1.31 bits per heavy atom. The minimum Gasteiger partial charge on any atom is -0.497 e. The van der Waals surface area contributed by atoms with Crippen LogP contribution in [0.1, 0.15) is 29.9 Å². The van der Waals surface area contributed by atoms with Gasteiger partial charge < -0.3 is 14.5 Å². The zero-order valence-corrected chi connectivity index (χ0v) is 14.6. The van der Waals surface area contributed by atoms with E-state index in [4.69, 9.17) is 9.15 Å². The van der Waals surface area contributed by atoms with Crippen LogP contribution in [0.3, 0.4) is 0 Å². The summed E-state index contributed by atoms with van der Waals surface area (Å²) in [5.41, 5.74) is 2.33. The molecule has 1 N–H and O–H groups in total. The molecule has 1 heterocycles. The molecule has 0 saturated carbocycles. The van der Waals surface area contributed by atoms with Gasteiger partial charge in [0.2, 0.25) is 0 Å². The van der Waals surface area contributed by atoms with Crippen LogP contribution in [0.25, 0.3) is 11.0 Å². The highest BCUT2D eigenvalue weighted by Gasteiger charge is 2.19. The van der Waals surface area contributed by atoms with Crippen LogP contribution in [-0.2, 0) is 0 Å². The normalized spacial score (nSPS) is 11.8. The fourth-order valence-corrected chi connectivity index (χ4v) is 2.92. The lowest BCUT2D eigenvalue weighted by Gasteiger charge is -2.15. The SMILES string of the molecule is COc1ccc2oc(C(C)Nc3ccc([N+](=O)[O-])cc3C#N)c(C)c2c1. The number of hydrogen-bond donors (Lipinski definition) is 1. The Morgan fingerprint density at radius 3 is 2.73 bits per heavy atom. The number of nitriles is 1. The Hall–Kier alpha value is -3.53. The molecule has 0 fully saturated rings. The molecule has 26 heavy (non-hydrogen) atoms. The van der Waals surface area contributed by atoms with Crippen molar-refractivity contribution in [2.24, 2.45) is 0 Å². The highest BCUT2D eigenvalue weighted by Crippen LogP contribution is 2.34. The molecule has 0 aliphatic heterocycles. The van der Waals surface area contributed by atoms with Crippen molar-refractivity contribution >= 4 is 22.3 Å². The van der Waals surface area contributed by atoms with Gasteiger partial charge >= 0.3 is 0 Å². The number of fused-ring (bicyclic) bond motifs is 1. The van der Waals surface area contributed by atoms with Crippen LogP contribution < -0.4 is 10.1 Å². The lowest BCUT2D eigenvalue weighted by atomic mass is 10.1. The second kappa shape index (κ2) is 6.76. The highest BCUT2D eigenvalue weighted by molar-refractivity contribution is 5.83. The molecule has 1 atom stereocenters. The number of ether oxygens (including phenoxy) is 1. The van der Waals surface area contributed by atoms with Crippen LogP contribution in [0.2, 0.25) is 0 Å². The Bertz CT molecular complexity index is 1030. The number of benzene rings is 2. The molecule has 0 radical (unpaired) electrons. The molecular formula is C19H17N3O4. The van der Waals surface area contributed by atoms with Gasteiger partial charge in [-0.3, -0.25) is 10.1 Å².